The molecular weight excluding hydrogens is 853 g/mol. The number of unbranched alkanes of at least 4 members (excludes halogenated alkanes) is 30. The molecule has 0 fully saturated rings. The second kappa shape index (κ2) is 57.4. The van der Waals surface area contributed by atoms with E-state index in [-0.39, 0.29) is 31.1 Å². The van der Waals surface area contributed by atoms with Crippen LogP contribution < -0.4 is 0 Å². The number of esters is 3. The van der Waals surface area contributed by atoms with Crippen molar-refractivity contribution >= 4 is 17.9 Å². The Morgan fingerprint density at radius 3 is 0.884 bits per heavy atom. The summed E-state index contributed by atoms with van der Waals surface area (Å²) in [7, 11) is 0. The van der Waals surface area contributed by atoms with Crippen LogP contribution in [-0.4, -0.2) is 37.2 Å². The summed E-state index contributed by atoms with van der Waals surface area (Å²) in [4.78, 5) is 38.2. The topological polar surface area (TPSA) is 78.9 Å². The number of hydrogen-bond acceptors (Lipinski definition) is 6. The second-order valence-electron chi connectivity index (χ2n) is 19.5. The Morgan fingerprint density at radius 1 is 0.290 bits per heavy atom. The van der Waals surface area contributed by atoms with Crippen molar-refractivity contribution in [3.8, 4) is 0 Å². The molecule has 0 saturated carbocycles. The molecule has 0 heterocycles. The van der Waals surface area contributed by atoms with Gasteiger partial charge in [0.1, 0.15) is 13.2 Å². The van der Waals surface area contributed by atoms with Gasteiger partial charge in [0.15, 0.2) is 6.10 Å². The van der Waals surface area contributed by atoms with Gasteiger partial charge in [0.05, 0.1) is 0 Å². The maximum Gasteiger partial charge on any atom is 0.306 e. The van der Waals surface area contributed by atoms with Gasteiger partial charge in [0.25, 0.3) is 0 Å². The molecule has 0 aliphatic heterocycles. The Labute approximate surface area is 427 Å². The molecule has 0 aliphatic carbocycles. The van der Waals surface area contributed by atoms with Crippen molar-refractivity contribution in [3.63, 3.8) is 0 Å². The molecule has 0 aliphatic rings. The first-order valence-corrected chi connectivity index (χ1v) is 29.4. The minimum atomic E-state index is -0.796. The van der Waals surface area contributed by atoms with Gasteiger partial charge in [-0.1, -0.05) is 229 Å². The first-order chi connectivity index (χ1) is 34.0. The Morgan fingerprint density at radius 2 is 0.522 bits per heavy atom. The van der Waals surface area contributed by atoms with Crippen LogP contribution in [0.3, 0.4) is 0 Å². The lowest BCUT2D eigenvalue weighted by Crippen LogP contribution is -2.30. The van der Waals surface area contributed by atoms with Gasteiger partial charge in [0.2, 0.25) is 0 Å². The highest BCUT2D eigenvalue weighted by Gasteiger charge is 2.19. The maximum atomic E-state index is 12.9. The molecule has 0 amide bonds. The number of allylic oxidation sites excluding steroid dienone is 12. The van der Waals surface area contributed by atoms with Crippen molar-refractivity contribution in [2.45, 2.75) is 297 Å². The first-order valence-electron chi connectivity index (χ1n) is 29.4. The average molecular weight is 964 g/mol. The lowest BCUT2D eigenvalue weighted by atomic mass is 10.1. The first kappa shape index (κ1) is 65.8. The third kappa shape index (κ3) is 55.6. The zero-order valence-corrected chi connectivity index (χ0v) is 45.6. The van der Waals surface area contributed by atoms with Gasteiger partial charge >= 0.3 is 17.9 Å². The fourth-order valence-corrected chi connectivity index (χ4v) is 8.18. The highest BCUT2D eigenvalue weighted by atomic mass is 16.6. The average Bonchev–Trinajstić information content (AvgIpc) is 3.35. The minimum Gasteiger partial charge on any atom is -0.462 e. The van der Waals surface area contributed by atoms with Crippen LogP contribution in [0.4, 0.5) is 0 Å². The van der Waals surface area contributed by atoms with E-state index in [0.29, 0.717) is 19.3 Å². The third-order valence-electron chi connectivity index (χ3n) is 12.7. The normalized spacial score (nSPS) is 12.6. The fourth-order valence-electron chi connectivity index (χ4n) is 8.18. The lowest BCUT2D eigenvalue weighted by Gasteiger charge is -2.18. The van der Waals surface area contributed by atoms with Crippen molar-refractivity contribution in [1.29, 1.82) is 0 Å². The Hall–Kier alpha value is -3.15. The molecule has 0 radical (unpaired) electrons. The van der Waals surface area contributed by atoms with Gasteiger partial charge in [-0.05, 0) is 116 Å². The molecule has 0 aromatic rings. The van der Waals surface area contributed by atoms with E-state index in [0.717, 1.165) is 83.5 Å². The molecule has 0 bridgehead atoms. The zero-order chi connectivity index (χ0) is 50.0. The summed E-state index contributed by atoms with van der Waals surface area (Å²) in [6.45, 7) is 6.58. The SMILES string of the molecule is CCCCC/C=C\C/C=C\C/C=C\C/C=C\CCCCCC(=O)O[C@@H](COC(=O)CCCCCCCCC/C=C\CCCCCC)COC(=O)CCCCCCCCC/C=C\CCCCCCCC. The molecule has 1 atom stereocenters. The van der Waals surface area contributed by atoms with Crippen LogP contribution in [0.25, 0.3) is 0 Å². The van der Waals surface area contributed by atoms with Gasteiger partial charge in [-0.15, -0.1) is 0 Å². The molecule has 0 aromatic heterocycles. The molecule has 69 heavy (non-hydrogen) atoms. The molecule has 0 saturated heterocycles. The summed E-state index contributed by atoms with van der Waals surface area (Å²) < 4.78 is 16.9. The standard InChI is InChI=1S/C63H110O6/c1-4-7-10-13-16-19-22-25-28-30-31-33-36-39-42-45-48-51-54-57-63(66)69-60(58-67-61(64)55-52-49-46-43-40-37-34-27-24-21-18-15-12-9-6-3)59-68-62(65)56-53-50-47-44-41-38-35-32-29-26-23-20-17-14-11-8-5-2/h16,19,21,24-26,28-29,31,33,39,42,60H,4-15,17-18,20,22-23,27,30,32,34-38,40-41,43-59H2,1-3H3/b19-16-,24-21-,28-25-,29-26-,33-31-,42-39-/t60-/m0/s1. The molecule has 0 aromatic carbocycles. The quantitative estimate of drug-likeness (QED) is 0.0262. The van der Waals surface area contributed by atoms with Crippen LogP contribution in [0.1, 0.15) is 290 Å². The monoisotopic (exact) mass is 963 g/mol. The van der Waals surface area contributed by atoms with E-state index < -0.39 is 6.10 Å². The molecule has 6 nitrogen and oxygen atoms in total. The minimum absolute atomic E-state index is 0.0912. The zero-order valence-electron chi connectivity index (χ0n) is 45.6. The van der Waals surface area contributed by atoms with Crippen molar-refractivity contribution in [2.24, 2.45) is 0 Å². The molecule has 0 rings (SSSR count). The van der Waals surface area contributed by atoms with Crippen LogP contribution in [0.5, 0.6) is 0 Å². The molecule has 0 N–H and O–H groups in total. The van der Waals surface area contributed by atoms with Crippen LogP contribution in [0, 0.1) is 0 Å². The van der Waals surface area contributed by atoms with Crippen molar-refractivity contribution in [3.05, 3.63) is 72.9 Å². The third-order valence-corrected chi connectivity index (χ3v) is 12.7. The van der Waals surface area contributed by atoms with E-state index in [4.69, 9.17) is 14.2 Å². The molecular formula is C63H110O6. The molecule has 0 unspecified atom stereocenters. The van der Waals surface area contributed by atoms with Crippen LogP contribution in [0.2, 0.25) is 0 Å². The summed E-state index contributed by atoms with van der Waals surface area (Å²) in [6, 6.07) is 0. The van der Waals surface area contributed by atoms with E-state index in [9.17, 15) is 14.4 Å². The highest BCUT2D eigenvalue weighted by Crippen LogP contribution is 2.15. The maximum absolute atomic E-state index is 12.9. The summed E-state index contributed by atoms with van der Waals surface area (Å²) in [5.74, 6) is -0.922. The summed E-state index contributed by atoms with van der Waals surface area (Å²) in [6.07, 6.45) is 73.1. The van der Waals surface area contributed by atoms with E-state index in [1.165, 1.54) is 167 Å². The molecule has 398 valence electrons. The van der Waals surface area contributed by atoms with Crippen molar-refractivity contribution in [2.75, 3.05) is 13.2 Å². The number of hydrogen-bond donors (Lipinski definition) is 0. The van der Waals surface area contributed by atoms with Gasteiger partial charge in [-0.25, -0.2) is 0 Å². The van der Waals surface area contributed by atoms with E-state index in [1.54, 1.807) is 0 Å². The summed E-state index contributed by atoms with van der Waals surface area (Å²) in [5.41, 5.74) is 0. The predicted molar refractivity (Wildman–Crippen MR) is 298 cm³/mol. The van der Waals surface area contributed by atoms with Gasteiger partial charge in [-0.3, -0.25) is 14.4 Å². The number of carbonyl (C=O) groups is 3. The summed E-state index contributed by atoms with van der Waals surface area (Å²) >= 11 is 0. The lowest BCUT2D eigenvalue weighted by molar-refractivity contribution is -0.167. The van der Waals surface area contributed by atoms with Crippen molar-refractivity contribution < 1.29 is 28.6 Å². The van der Waals surface area contributed by atoms with E-state index >= 15 is 0 Å². The molecule has 0 spiro atoms. The van der Waals surface area contributed by atoms with Crippen LogP contribution in [-0.2, 0) is 28.6 Å². The van der Waals surface area contributed by atoms with Gasteiger partial charge in [-0.2, -0.15) is 0 Å². The number of carbonyl (C=O) groups excluding carboxylic acids is 3. The largest absolute Gasteiger partial charge is 0.462 e. The fraction of sp³-hybridized carbons (Fsp3) is 0.762. The van der Waals surface area contributed by atoms with Crippen LogP contribution in [0.15, 0.2) is 72.9 Å². The smallest absolute Gasteiger partial charge is 0.306 e. The van der Waals surface area contributed by atoms with Gasteiger partial charge in [0, 0.05) is 19.3 Å². The van der Waals surface area contributed by atoms with E-state index in [1.807, 2.05) is 0 Å². The van der Waals surface area contributed by atoms with Crippen LogP contribution >= 0.6 is 0 Å². The predicted octanol–water partition coefficient (Wildman–Crippen LogP) is 19.8. The second-order valence-corrected chi connectivity index (χ2v) is 19.5. The van der Waals surface area contributed by atoms with E-state index in [2.05, 4.69) is 93.7 Å². The Bertz CT molecular complexity index is 1290. The Balaban J connectivity index is 4.45. The van der Waals surface area contributed by atoms with Gasteiger partial charge < -0.3 is 14.2 Å². The Kier molecular flexibility index (Phi) is 54.8. The summed E-state index contributed by atoms with van der Waals surface area (Å²) in [5, 5.41) is 0. The number of ether oxygens (including phenoxy) is 3. The highest BCUT2D eigenvalue weighted by molar-refractivity contribution is 5.71. The molecule has 6 heteroatoms. The van der Waals surface area contributed by atoms with Crippen molar-refractivity contribution in [1.82, 2.24) is 0 Å². The number of rotatable bonds is 53.